The lowest BCUT2D eigenvalue weighted by atomic mass is 9.94. The molecule has 0 saturated carbocycles. The zero-order valence-corrected chi connectivity index (χ0v) is 9.38. The highest BCUT2D eigenvalue weighted by molar-refractivity contribution is 6.01. The van der Waals surface area contributed by atoms with Gasteiger partial charge in [0.1, 0.15) is 5.92 Å². The van der Waals surface area contributed by atoms with Crippen LogP contribution in [0.4, 0.5) is 0 Å². The number of ketones is 1. The molecule has 0 spiro atoms. The fourth-order valence-electron chi connectivity index (χ4n) is 1.69. The first-order valence-electron chi connectivity index (χ1n) is 5.27. The second-order valence-corrected chi connectivity index (χ2v) is 3.77. The zero-order valence-electron chi connectivity index (χ0n) is 9.38. The Labute approximate surface area is 99.3 Å². The number of Topliss-reactive ketones (excluding diaryl/α,β-unsaturated/α-hetero) is 1. The summed E-state index contributed by atoms with van der Waals surface area (Å²) in [5.74, 6) is -0.831. The first kappa shape index (κ1) is 11.2. The van der Waals surface area contributed by atoms with Crippen molar-refractivity contribution in [2.75, 3.05) is 0 Å². The molecule has 1 unspecified atom stereocenters. The first-order chi connectivity index (χ1) is 8.24. The smallest absolute Gasteiger partial charge is 0.219 e. The van der Waals surface area contributed by atoms with E-state index in [1.165, 1.54) is 6.26 Å². The highest BCUT2D eigenvalue weighted by Gasteiger charge is 2.25. The van der Waals surface area contributed by atoms with E-state index in [9.17, 15) is 4.79 Å². The molecular weight excluding hydrogens is 214 g/mol. The number of nitrogens with zero attached hydrogens (tertiary/aromatic N) is 1. The Balaban J connectivity index is 2.36. The van der Waals surface area contributed by atoms with Crippen LogP contribution >= 0.6 is 0 Å². The number of carbonyl (C=O) groups excluding carboxylic acids is 1. The van der Waals surface area contributed by atoms with E-state index < -0.39 is 5.92 Å². The van der Waals surface area contributed by atoms with Crippen LogP contribution in [0.1, 0.15) is 27.6 Å². The van der Waals surface area contributed by atoms with Gasteiger partial charge in [-0.05, 0) is 24.1 Å². The number of carbonyl (C=O) groups is 1. The van der Waals surface area contributed by atoms with E-state index in [0.29, 0.717) is 5.56 Å². The van der Waals surface area contributed by atoms with Crippen LogP contribution in [0.3, 0.4) is 0 Å². The summed E-state index contributed by atoms with van der Waals surface area (Å²) in [5.41, 5.74) is 1.45. The number of furan rings is 1. The van der Waals surface area contributed by atoms with E-state index in [-0.39, 0.29) is 11.5 Å². The molecule has 3 nitrogen and oxygen atoms in total. The van der Waals surface area contributed by atoms with Gasteiger partial charge >= 0.3 is 0 Å². The second-order valence-electron chi connectivity index (χ2n) is 3.77. The van der Waals surface area contributed by atoms with Crippen molar-refractivity contribution >= 4 is 5.78 Å². The predicted molar refractivity (Wildman–Crippen MR) is 62.6 cm³/mol. The molecule has 0 aliphatic heterocycles. The van der Waals surface area contributed by atoms with Gasteiger partial charge in [0.05, 0.1) is 12.3 Å². The third kappa shape index (κ3) is 2.11. The molecule has 0 saturated heterocycles. The van der Waals surface area contributed by atoms with Gasteiger partial charge in [-0.3, -0.25) is 4.79 Å². The largest absolute Gasteiger partial charge is 0.461 e. The summed E-state index contributed by atoms with van der Waals surface area (Å²) in [5, 5.41) is 9.13. The molecular formula is C14H11NO2. The van der Waals surface area contributed by atoms with Crippen molar-refractivity contribution in [3.63, 3.8) is 0 Å². The Morgan fingerprint density at radius 1 is 1.29 bits per heavy atom. The van der Waals surface area contributed by atoms with Crippen molar-refractivity contribution in [2.24, 2.45) is 0 Å². The highest BCUT2D eigenvalue weighted by atomic mass is 16.3. The van der Waals surface area contributed by atoms with Crippen molar-refractivity contribution in [1.29, 1.82) is 5.26 Å². The number of nitriles is 1. The summed E-state index contributed by atoms with van der Waals surface area (Å²) in [6.45, 7) is 1.79. The van der Waals surface area contributed by atoms with E-state index in [1.807, 2.05) is 24.3 Å². The number of aryl methyl sites for hydroxylation is 1. The summed E-state index contributed by atoms with van der Waals surface area (Å²) in [6.07, 6.45) is 1.46. The van der Waals surface area contributed by atoms with Gasteiger partial charge in [-0.1, -0.05) is 30.3 Å². The Morgan fingerprint density at radius 3 is 2.53 bits per heavy atom. The predicted octanol–water partition coefficient (Wildman–Crippen LogP) is 3.08. The molecule has 1 aromatic heterocycles. The number of rotatable bonds is 3. The van der Waals surface area contributed by atoms with Gasteiger partial charge in [0.15, 0.2) is 5.76 Å². The molecule has 2 aromatic rings. The van der Waals surface area contributed by atoms with Crippen LogP contribution < -0.4 is 0 Å². The van der Waals surface area contributed by atoms with Gasteiger partial charge in [0.25, 0.3) is 0 Å². The summed E-state index contributed by atoms with van der Waals surface area (Å²) >= 11 is 0. The van der Waals surface area contributed by atoms with Crippen molar-refractivity contribution in [2.45, 2.75) is 12.8 Å². The van der Waals surface area contributed by atoms with E-state index >= 15 is 0 Å². The van der Waals surface area contributed by atoms with E-state index in [0.717, 1.165) is 5.56 Å². The molecule has 0 aliphatic carbocycles. The summed E-state index contributed by atoms with van der Waals surface area (Å²) in [6, 6.07) is 12.7. The summed E-state index contributed by atoms with van der Waals surface area (Å²) in [4.78, 5) is 12.1. The van der Waals surface area contributed by atoms with Crippen molar-refractivity contribution < 1.29 is 9.21 Å². The minimum Gasteiger partial charge on any atom is -0.461 e. The third-order valence-corrected chi connectivity index (χ3v) is 2.61. The van der Waals surface area contributed by atoms with Crippen LogP contribution in [0.15, 0.2) is 47.1 Å². The average molecular weight is 225 g/mol. The molecule has 0 N–H and O–H groups in total. The normalized spacial score (nSPS) is 11.8. The molecule has 0 bridgehead atoms. The Morgan fingerprint density at radius 2 is 2.00 bits per heavy atom. The molecule has 3 heteroatoms. The topological polar surface area (TPSA) is 54.0 Å². The number of benzene rings is 1. The van der Waals surface area contributed by atoms with Crippen LogP contribution in [0.5, 0.6) is 0 Å². The molecule has 1 aromatic carbocycles. The highest BCUT2D eigenvalue weighted by Crippen LogP contribution is 2.22. The van der Waals surface area contributed by atoms with E-state index in [2.05, 4.69) is 0 Å². The molecule has 1 heterocycles. The minimum atomic E-state index is -0.805. The third-order valence-electron chi connectivity index (χ3n) is 2.61. The first-order valence-corrected chi connectivity index (χ1v) is 5.27. The van der Waals surface area contributed by atoms with Gasteiger partial charge in [-0.15, -0.1) is 0 Å². The zero-order chi connectivity index (χ0) is 12.3. The number of hydrogen-bond acceptors (Lipinski definition) is 3. The minimum absolute atomic E-state index is 0.264. The second kappa shape index (κ2) is 4.67. The molecule has 84 valence electrons. The van der Waals surface area contributed by atoms with Gasteiger partial charge in [-0.2, -0.15) is 5.26 Å². The van der Waals surface area contributed by atoms with Crippen molar-refractivity contribution in [3.8, 4) is 6.07 Å². The molecule has 1 atom stereocenters. The van der Waals surface area contributed by atoms with Crippen LogP contribution in [-0.2, 0) is 0 Å². The fourth-order valence-corrected chi connectivity index (χ4v) is 1.69. The molecule has 0 fully saturated rings. The van der Waals surface area contributed by atoms with Crippen molar-refractivity contribution in [3.05, 3.63) is 59.5 Å². The molecule has 2 rings (SSSR count). The molecule has 0 amide bonds. The standard InChI is InChI=1S/C14H11NO2/c1-10-7-8-17-14(10)13(16)12(9-15)11-5-3-2-4-6-11/h2-8,12H,1H3. The maximum atomic E-state index is 12.1. The summed E-state index contributed by atoms with van der Waals surface area (Å²) in [7, 11) is 0. The monoisotopic (exact) mass is 225 g/mol. The maximum Gasteiger partial charge on any atom is 0.219 e. The van der Waals surface area contributed by atoms with Crippen molar-refractivity contribution in [1.82, 2.24) is 0 Å². The molecule has 0 radical (unpaired) electrons. The lowest BCUT2D eigenvalue weighted by molar-refractivity contribution is 0.0951. The summed E-state index contributed by atoms with van der Waals surface area (Å²) < 4.78 is 5.13. The van der Waals surface area contributed by atoms with E-state index in [4.69, 9.17) is 9.68 Å². The average Bonchev–Trinajstić information content (AvgIpc) is 2.77. The van der Waals surface area contributed by atoms with Crippen LogP contribution in [0.2, 0.25) is 0 Å². The van der Waals surface area contributed by atoms with Gasteiger partial charge in [0, 0.05) is 0 Å². The SMILES string of the molecule is Cc1ccoc1C(=O)C(C#N)c1ccccc1. The Hall–Kier alpha value is -2.34. The van der Waals surface area contributed by atoms with Gasteiger partial charge in [-0.25, -0.2) is 0 Å². The molecule has 0 aliphatic rings. The van der Waals surface area contributed by atoms with Crippen LogP contribution in [0.25, 0.3) is 0 Å². The van der Waals surface area contributed by atoms with E-state index in [1.54, 1.807) is 25.1 Å². The maximum absolute atomic E-state index is 12.1. The quantitative estimate of drug-likeness (QED) is 0.754. The lowest BCUT2D eigenvalue weighted by Gasteiger charge is -2.06. The van der Waals surface area contributed by atoms with Gasteiger partial charge in [0.2, 0.25) is 5.78 Å². The Kier molecular flexibility index (Phi) is 3.06. The van der Waals surface area contributed by atoms with Gasteiger partial charge < -0.3 is 4.42 Å². The Bertz CT molecular complexity index is 563. The molecule has 17 heavy (non-hydrogen) atoms. The lowest BCUT2D eigenvalue weighted by Crippen LogP contribution is -2.11. The number of hydrogen-bond donors (Lipinski definition) is 0. The fraction of sp³-hybridized carbons (Fsp3) is 0.143. The van der Waals surface area contributed by atoms with Crippen LogP contribution in [0, 0.1) is 18.3 Å². The van der Waals surface area contributed by atoms with Crippen LogP contribution in [-0.4, -0.2) is 5.78 Å².